The average Bonchev–Trinajstić information content (AvgIpc) is 2.50. The standard InChI is InChI=1S/C17H29NO3/c1-6-10-18-14(3)16-8-7-15(20-5)12-17(16)21-13(2)9-11-19-4/h7-8,12-14,18H,6,9-11H2,1-5H3. The van der Waals surface area contributed by atoms with Crippen molar-refractivity contribution in [3.63, 3.8) is 0 Å². The van der Waals surface area contributed by atoms with Gasteiger partial charge < -0.3 is 19.5 Å². The Morgan fingerprint density at radius 1 is 1.19 bits per heavy atom. The van der Waals surface area contributed by atoms with Gasteiger partial charge in [0.25, 0.3) is 0 Å². The number of methoxy groups -OCH3 is 2. The third-order valence-corrected chi connectivity index (χ3v) is 3.44. The topological polar surface area (TPSA) is 39.7 Å². The first-order valence-electron chi connectivity index (χ1n) is 7.69. The van der Waals surface area contributed by atoms with Gasteiger partial charge in [-0.1, -0.05) is 13.0 Å². The van der Waals surface area contributed by atoms with Gasteiger partial charge in [0.1, 0.15) is 11.5 Å². The molecule has 1 aromatic carbocycles. The number of nitrogens with one attached hydrogen (secondary N) is 1. The molecule has 21 heavy (non-hydrogen) atoms. The van der Waals surface area contributed by atoms with Crippen LogP contribution in [0.15, 0.2) is 18.2 Å². The van der Waals surface area contributed by atoms with E-state index in [9.17, 15) is 0 Å². The number of hydrogen-bond donors (Lipinski definition) is 1. The molecule has 0 bridgehead atoms. The van der Waals surface area contributed by atoms with E-state index < -0.39 is 0 Å². The molecule has 0 saturated heterocycles. The van der Waals surface area contributed by atoms with Crippen molar-refractivity contribution < 1.29 is 14.2 Å². The first-order valence-corrected chi connectivity index (χ1v) is 7.69. The van der Waals surface area contributed by atoms with E-state index in [1.165, 1.54) is 0 Å². The van der Waals surface area contributed by atoms with Crippen molar-refractivity contribution in [1.29, 1.82) is 0 Å². The molecule has 0 amide bonds. The summed E-state index contributed by atoms with van der Waals surface area (Å²) in [4.78, 5) is 0. The van der Waals surface area contributed by atoms with E-state index >= 15 is 0 Å². The molecule has 0 spiro atoms. The minimum Gasteiger partial charge on any atom is -0.497 e. The molecule has 0 heterocycles. The van der Waals surface area contributed by atoms with Crippen LogP contribution in [0.1, 0.15) is 45.2 Å². The molecular weight excluding hydrogens is 266 g/mol. The van der Waals surface area contributed by atoms with Crippen molar-refractivity contribution in [1.82, 2.24) is 5.32 Å². The quantitative estimate of drug-likeness (QED) is 0.716. The molecule has 1 rings (SSSR count). The van der Waals surface area contributed by atoms with Crippen LogP contribution in [0.2, 0.25) is 0 Å². The molecule has 0 saturated carbocycles. The molecule has 0 fully saturated rings. The van der Waals surface area contributed by atoms with E-state index in [1.54, 1.807) is 14.2 Å². The number of hydrogen-bond acceptors (Lipinski definition) is 4. The maximum Gasteiger partial charge on any atom is 0.128 e. The Hall–Kier alpha value is -1.26. The van der Waals surface area contributed by atoms with E-state index in [2.05, 4.69) is 32.2 Å². The SMILES string of the molecule is CCCNC(C)c1ccc(OC)cc1OC(C)CCOC. The second kappa shape index (κ2) is 9.64. The Labute approximate surface area is 128 Å². The highest BCUT2D eigenvalue weighted by atomic mass is 16.5. The Balaban J connectivity index is 2.85. The van der Waals surface area contributed by atoms with Crippen LogP contribution < -0.4 is 14.8 Å². The highest BCUT2D eigenvalue weighted by Gasteiger charge is 2.14. The predicted octanol–water partition coefficient (Wildman–Crippen LogP) is 3.56. The highest BCUT2D eigenvalue weighted by molar-refractivity contribution is 5.42. The fraction of sp³-hybridized carbons (Fsp3) is 0.647. The van der Waals surface area contributed by atoms with Crippen LogP contribution in [-0.4, -0.2) is 33.5 Å². The molecule has 0 radical (unpaired) electrons. The summed E-state index contributed by atoms with van der Waals surface area (Å²) < 4.78 is 16.5. The van der Waals surface area contributed by atoms with E-state index in [0.29, 0.717) is 6.61 Å². The maximum absolute atomic E-state index is 6.09. The molecular formula is C17H29NO3. The van der Waals surface area contributed by atoms with Crippen molar-refractivity contribution in [2.75, 3.05) is 27.4 Å². The summed E-state index contributed by atoms with van der Waals surface area (Å²) in [6.45, 7) is 8.07. The summed E-state index contributed by atoms with van der Waals surface area (Å²) >= 11 is 0. The summed E-state index contributed by atoms with van der Waals surface area (Å²) in [5.74, 6) is 1.70. The van der Waals surface area contributed by atoms with Gasteiger partial charge in [0, 0.05) is 37.8 Å². The molecule has 0 aromatic heterocycles. The van der Waals surface area contributed by atoms with Gasteiger partial charge in [-0.2, -0.15) is 0 Å². The fourth-order valence-electron chi connectivity index (χ4n) is 2.13. The van der Waals surface area contributed by atoms with Crippen LogP contribution in [0.3, 0.4) is 0 Å². The first-order chi connectivity index (χ1) is 10.1. The number of rotatable bonds is 10. The molecule has 120 valence electrons. The van der Waals surface area contributed by atoms with Gasteiger partial charge in [0.2, 0.25) is 0 Å². The third kappa shape index (κ3) is 5.94. The second-order valence-corrected chi connectivity index (χ2v) is 5.29. The lowest BCUT2D eigenvalue weighted by Gasteiger charge is -2.22. The van der Waals surface area contributed by atoms with Crippen LogP contribution in [0.5, 0.6) is 11.5 Å². The molecule has 2 unspecified atom stereocenters. The average molecular weight is 295 g/mol. The fourth-order valence-corrected chi connectivity index (χ4v) is 2.13. The van der Waals surface area contributed by atoms with Crippen LogP contribution in [0.25, 0.3) is 0 Å². The largest absolute Gasteiger partial charge is 0.497 e. The zero-order valence-corrected chi connectivity index (χ0v) is 13.9. The molecule has 4 nitrogen and oxygen atoms in total. The molecule has 0 aliphatic rings. The first kappa shape index (κ1) is 17.8. The normalized spacial score (nSPS) is 13.8. The lowest BCUT2D eigenvalue weighted by molar-refractivity contribution is 0.134. The van der Waals surface area contributed by atoms with Gasteiger partial charge in [-0.3, -0.25) is 0 Å². The van der Waals surface area contributed by atoms with Crippen LogP contribution in [0, 0.1) is 0 Å². The van der Waals surface area contributed by atoms with Gasteiger partial charge in [0.05, 0.1) is 13.2 Å². The summed E-state index contributed by atoms with van der Waals surface area (Å²) in [5, 5.41) is 3.50. The third-order valence-electron chi connectivity index (χ3n) is 3.44. The van der Waals surface area contributed by atoms with Crippen molar-refractivity contribution in [2.45, 2.75) is 45.8 Å². The van der Waals surface area contributed by atoms with Crippen molar-refractivity contribution in [3.05, 3.63) is 23.8 Å². The van der Waals surface area contributed by atoms with E-state index in [-0.39, 0.29) is 12.1 Å². The van der Waals surface area contributed by atoms with Gasteiger partial charge in [-0.25, -0.2) is 0 Å². The van der Waals surface area contributed by atoms with Crippen molar-refractivity contribution >= 4 is 0 Å². The Kier molecular flexibility index (Phi) is 8.16. The smallest absolute Gasteiger partial charge is 0.128 e. The molecule has 1 aromatic rings. The Morgan fingerprint density at radius 2 is 1.95 bits per heavy atom. The number of ether oxygens (including phenoxy) is 3. The van der Waals surface area contributed by atoms with Gasteiger partial charge in [-0.05, 0) is 32.9 Å². The lowest BCUT2D eigenvalue weighted by atomic mass is 10.1. The van der Waals surface area contributed by atoms with Crippen LogP contribution >= 0.6 is 0 Å². The van der Waals surface area contributed by atoms with E-state index in [4.69, 9.17) is 14.2 Å². The van der Waals surface area contributed by atoms with Crippen molar-refractivity contribution in [2.24, 2.45) is 0 Å². The number of benzene rings is 1. The Morgan fingerprint density at radius 3 is 2.57 bits per heavy atom. The molecule has 2 atom stereocenters. The predicted molar refractivity (Wildman–Crippen MR) is 86.3 cm³/mol. The lowest BCUT2D eigenvalue weighted by Crippen LogP contribution is -2.21. The van der Waals surface area contributed by atoms with Crippen molar-refractivity contribution in [3.8, 4) is 11.5 Å². The van der Waals surface area contributed by atoms with E-state index in [1.807, 2.05) is 12.1 Å². The zero-order valence-electron chi connectivity index (χ0n) is 13.9. The summed E-state index contributed by atoms with van der Waals surface area (Å²) in [6.07, 6.45) is 2.08. The molecule has 0 aliphatic carbocycles. The van der Waals surface area contributed by atoms with E-state index in [0.717, 1.165) is 36.4 Å². The monoisotopic (exact) mass is 295 g/mol. The summed E-state index contributed by atoms with van der Waals surface area (Å²) in [6, 6.07) is 6.26. The minimum atomic E-state index is 0.106. The molecule has 1 N–H and O–H groups in total. The summed E-state index contributed by atoms with van der Waals surface area (Å²) in [7, 11) is 3.38. The second-order valence-electron chi connectivity index (χ2n) is 5.29. The zero-order chi connectivity index (χ0) is 15.7. The summed E-state index contributed by atoms with van der Waals surface area (Å²) in [5.41, 5.74) is 1.16. The Bertz CT molecular complexity index is 409. The maximum atomic E-state index is 6.09. The van der Waals surface area contributed by atoms with Crippen LogP contribution in [-0.2, 0) is 4.74 Å². The van der Waals surface area contributed by atoms with Crippen LogP contribution in [0.4, 0.5) is 0 Å². The highest BCUT2D eigenvalue weighted by Crippen LogP contribution is 2.30. The molecule has 4 heteroatoms. The van der Waals surface area contributed by atoms with Gasteiger partial charge >= 0.3 is 0 Å². The minimum absolute atomic E-state index is 0.106. The molecule has 0 aliphatic heterocycles. The van der Waals surface area contributed by atoms with Gasteiger partial charge in [-0.15, -0.1) is 0 Å². The van der Waals surface area contributed by atoms with Gasteiger partial charge in [0.15, 0.2) is 0 Å².